The minimum Gasteiger partial charge on any atom is -0.491 e. The van der Waals surface area contributed by atoms with Crippen LogP contribution in [0, 0.1) is 0 Å². The van der Waals surface area contributed by atoms with E-state index in [1.165, 1.54) is 11.6 Å². The van der Waals surface area contributed by atoms with Gasteiger partial charge in [0.1, 0.15) is 11.4 Å². The second-order valence-electron chi connectivity index (χ2n) is 6.14. The van der Waals surface area contributed by atoms with Crippen molar-refractivity contribution in [3.63, 3.8) is 0 Å². The van der Waals surface area contributed by atoms with Gasteiger partial charge < -0.3 is 15.2 Å². The summed E-state index contributed by atoms with van der Waals surface area (Å²) in [6, 6.07) is 17.5. The van der Waals surface area contributed by atoms with Gasteiger partial charge in [0.25, 0.3) is 11.8 Å². The molecule has 2 amide bonds. The molecule has 1 heterocycles. The Balaban J connectivity index is 1.58. The monoisotopic (exact) mass is 366 g/mol. The lowest BCUT2D eigenvalue weighted by Crippen LogP contribution is -2.34. The summed E-state index contributed by atoms with van der Waals surface area (Å²) in [5, 5.41) is 12.0. The zero-order valence-electron chi connectivity index (χ0n) is 14.9. The van der Waals surface area contributed by atoms with Gasteiger partial charge in [-0.2, -0.15) is 0 Å². The van der Waals surface area contributed by atoms with E-state index in [0.29, 0.717) is 18.0 Å². The lowest BCUT2D eigenvalue weighted by molar-refractivity contribution is -0.137. The van der Waals surface area contributed by atoms with Gasteiger partial charge in [0.2, 0.25) is 0 Å². The predicted molar refractivity (Wildman–Crippen MR) is 102 cm³/mol. The average molecular weight is 366 g/mol. The maximum absolute atomic E-state index is 12.3. The van der Waals surface area contributed by atoms with Gasteiger partial charge in [0.05, 0.1) is 25.4 Å². The molecule has 0 bridgehead atoms. The van der Waals surface area contributed by atoms with E-state index in [9.17, 15) is 9.59 Å². The molecule has 0 atom stereocenters. The first-order valence-corrected chi connectivity index (χ1v) is 8.90. The number of benzene rings is 2. The van der Waals surface area contributed by atoms with Crippen LogP contribution in [0.5, 0.6) is 5.75 Å². The van der Waals surface area contributed by atoms with Gasteiger partial charge in [-0.3, -0.25) is 14.5 Å². The Labute approximate surface area is 158 Å². The van der Waals surface area contributed by atoms with E-state index in [-0.39, 0.29) is 18.8 Å². The second kappa shape index (κ2) is 9.00. The molecule has 0 saturated heterocycles. The molecule has 0 saturated carbocycles. The highest BCUT2D eigenvalue weighted by molar-refractivity contribution is 6.17. The van der Waals surface area contributed by atoms with Crippen molar-refractivity contribution < 1.29 is 19.4 Å². The number of nitrogens with one attached hydrogen (secondary N) is 1. The van der Waals surface area contributed by atoms with E-state index < -0.39 is 11.8 Å². The number of carbonyl (C=O) groups excluding carboxylic acids is 2. The SMILES string of the molecule is O=C1C=C(Nc2ccccc2OCCCc2ccccc2)C(=O)N1CCO. The maximum atomic E-state index is 12.3. The number of aliphatic hydroxyl groups is 1. The number of aliphatic hydroxyl groups excluding tert-OH is 1. The van der Waals surface area contributed by atoms with Crippen LogP contribution in [0.3, 0.4) is 0 Å². The highest BCUT2D eigenvalue weighted by Crippen LogP contribution is 2.27. The third-order valence-electron chi connectivity index (χ3n) is 4.20. The number of hydrogen-bond donors (Lipinski definition) is 2. The third kappa shape index (κ3) is 4.74. The highest BCUT2D eigenvalue weighted by Gasteiger charge is 2.30. The van der Waals surface area contributed by atoms with Gasteiger partial charge in [0, 0.05) is 6.08 Å². The summed E-state index contributed by atoms with van der Waals surface area (Å²) in [6.07, 6.45) is 3.03. The summed E-state index contributed by atoms with van der Waals surface area (Å²) in [7, 11) is 0. The number of hydrogen-bond acceptors (Lipinski definition) is 5. The van der Waals surface area contributed by atoms with Crippen molar-refractivity contribution in [3.8, 4) is 5.75 Å². The van der Waals surface area contributed by atoms with Crippen LogP contribution in [0.2, 0.25) is 0 Å². The number of imide groups is 1. The van der Waals surface area contributed by atoms with Crippen LogP contribution >= 0.6 is 0 Å². The maximum Gasteiger partial charge on any atom is 0.277 e. The summed E-state index contributed by atoms with van der Waals surface area (Å²) in [5.74, 6) is -0.266. The van der Waals surface area contributed by atoms with E-state index in [0.717, 1.165) is 17.7 Å². The quantitative estimate of drug-likeness (QED) is 0.526. The zero-order chi connectivity index (χ0) is 19.1. The van der Waals surface area contributed by atoms with Crippen molar-refractivity contribution in [2.24, 2.45) is 0 Å². The molecule has 2 aromatic rings. The van der Waals surface area contributed by atoms with Crippen LogP contribution in [0.25, 0.3) is 0 Å². The number of amides is 2. The van der Waals surface area contributed by atoms with Crippen LogP contribution < -0.4 is 10.1 Å². The molecule has 3 rings (SSSR count). The Hall–Kier alpha value is -3.12. The Morgan fingerprint density at radius 1 is 1.00 bits per heavy atom. The summed E-state index contributed by atoms with van der Waals surface area (Å²) in [4.78, 5) is 25.1. The summed E-state index contributed by atoms with van der Waals surface area (Å²) < 4.78 is 5.87. The van der Waals surface area contributed by atoms with E-state index >= 15 is 0 Å². The van der Waals surface area contributed by atoms with Crippen molar-refractivity contribution in [1.29, 1.82) is 0 Å². The summed E-state index contributed by atoms with van der Waals surface area (Å²) in [6.45, 7) is 0.257. The minimum absolute atomic E-state index is 0.0169. The smallest absolute Gasteiger partial charge is 0.277 e. The van der Waals surface area contributed by atoms with Crippen LogP contribution in [0.1, 0.15) is 12.0 Å². The predicted octanol–water partition coefficient (Wildman–Crippen LogP) is 2.36. The standard InChI is InChI=1S/C21H22N2O4/c24-13-12-23-20(25)15-18(21(23)26)22-17-10-4-5-11-19(17)27-14-6-9-16-7-2-1-3-8-16/h1-5,7-8,10-11,15,22,24H,6,9,12-14H2. The molecule has 2 N–H and O–H groups in total. The second-order valence-corrected chi connectivity index (χ2v) is 6.14. The van der Waals surface area contributed by atoms with Crippen molar-refractivity contribution in [2.45, 2.75) is 12.8 Å². The Kier molecular flexibility index (Phi) is 6.22. The van der Waals surface area contributed by atoms with Crippen molar-refractivity contribution >= 4 is 17.5 Å². The van der Waals surface area contributed by atoms with Crippen LogP contribution in [0.15, 0.2) is 66.4 Å². The molecular weight excluding hydrogens is 344 g/mol. The van der Waals surface area contributed by atoms with E-state index in [1.54, 1.807) is 6.07 Å². The molecule has 6 nitrogen and oxygen atoms in total. The first kappa shape index (κ1) is 18.7. The largest absolute Gasteiger partial charge is 0.491 e. The van der Waals surface area contributed by atoms with Crippen molar-refractivity contribution in [1.82, 2.24) is 4.90 Å². The number of carbonyl (C=O) groups is 2. The number of rotatable bonds is 9. The van der Waals surface area contributed by atoms with Gasteiger partial charge in [0.15, 0.2) is 0 Å². The van der Waals surface area contributed by atoms with E-state index in [4.69, 9.17) is 9.84 Å². The number of anilines is 1. The van der Waals surface area contributed by atoms with Gasteiger partial charge in [-0.05, 0) is 30.5 Å². The molecule has 2 aromatic carbocycles. The van der Waals surface area contributed by atoms with Crippen molar-refractivity contribution in [2.75, 3.05) is 25.1 Å². The zero-order valence-corrected chi connectivity index (χ0v) is 14.9. The molecule has 1 aliphatic rings. The molecule has 0 unspecified atom stereocenters. The molecule has 0 aliphatic carbocycles. The Morgan fingerprint density at radius 3 is 2.52 bits per heavy atom. The normalized spacial score (nSPS) is 13.7. The molecule has 140 valence electrons. The highest BCUT2D eigenvalue weighted by atomic mass is 16.5. The molecule has 1 aliphatic heterocycles. The summed E-state index contributed by atoms with van der Waals surface area (Å²) >= 11 is 0. The van der Waals surface area contributed by atoms with Crippen LogP contribution in [-0.4, -0.2) is 41.6 Å². The van der Waals surface area contributed by atoms with Gasteiger partial charge in [-0.25, -0.2) is 0 Å². The molecule has 0 spiro atoms. The lowest BCUT2D eigenvalue weighted by Gasteiger charge is -2.15. The molecule has 0 fully saturated rings. The number of para-hydroxylation sites is 2. The van der Waals surface area contributed by atoms with E-state index in [2.05, 4.69) is 17.4 Å². The fourth-order valence-electron chi connectivity index (χ4n) is 2.85. The lowest BCUT2D eigenvalue weighted by atomic mass is 10.1. The fourth-order valence-corrected chi connectivity index (χ4v) is 2.85. The number of β-amino-alcohol motifs (C(OH)–C–C–N with tert-alkyl or cyclic N) is 1. The topological polar surface area (TPSA) is 78.9 Å². The molecule has 27 heavy (non-hydrogen) atoms. The molecule has 6 heteroatoms. The van der Waals surface area contributed by atoms with Crippen LogP contribution in [0.4, 0.5) is 5.69 Å². The minimum atomic E-state index is -0.451. The summed E-state index contributed by atoms with van der Waals surface area (Å²) in [5.41, 5.74) is 2.06. The van der Waals surface area contributed by atoms with Crippen LogP contribution in [-0.2, 0) is 16.0 Å². The third-order valence-corrected chi connectivity index (χ3v) is 4.20. The molecule has 0 aromatic heterocycles. The first-order valence-electron chi connectivity index (χ1n) is 8.90. The van der Waals surface area contributed by atoms with Gasteiger partial charge in [-0.15, -0.1) is 0 Å². The van der Waals surface area contributed by atoms with E-state index in [1.807, 2.05) is 36.4 Å². The first-order chi connectivity index (χ1) is 13.2. The molecular formula is C21H22N2O4. The fraction of sp³-hybridized carbons (Fsp3) is 0.238. The van der Waals surface area contributed by atoms with Gasteiger partial charge >= 0.3 is 0 Å². The number of nitrogens with zero attached hydrogens (tertiary/aromatic N) is 1. The Morgan fingerprint density at radius 2 is 1.74 bits per heavy atom. The number of ether oxygens (including phenoxy) is 1. The Bertz CT molecular complexity index is 833. The van der Waals surface area contributed by atoms with Crippen molar-refractivity contribution in [3.05, 3.63) is 71.9 Å². The molecule has 0 radical (unpaired) electrons. The van der Waals surface area contributed by atoms with Gasteiger partial charge in [-0.1, -0.05) is 42.5 Å². The average Bonchev–Trinajstić information content (AvgIpc) is 2.95. The number of aryl methyl sites for hydroxylation is 1.